The molecule has 2 heteroatoms. The quantitative estimate of drug-likeness (QED) is 0.150. The molecule has 0 heterocycles. The second-order valence-electron chi connectivity index (χ2n) is 9.89. The Bertz CT molecular complexity index is 1660. The van der Waals surface area contributed by atoms with Crippen molar-refractivity contribution < 1.29 is 0 Å². The first-order valence-corrected chi connectivity index (χ1v) is 16.3. The van der Waals surface area contributed by atoms with E-state index in [0.717, 1.165) is 0 Å². The van der Waals surface area contributed by atoms with Crippen LogP contribution in [0, 0.1) is 0 Å². The molecular weight excluding hydrogens is 518 g/mol. The minimum absolute atomic E-state index is 0.625. The molecule has 0 saturated heterocycles. The molecular formula is C38H28P2. The SMILES string of the molecule is c1ccc(P(c2ccccc2)c2ccc3c(ccc4cc(P(c5ccccc5)c5ccccc5)ccc43)c2)cc1. The van der Waals surface area contributed by atoms with E-state index in [1.807, 2.05) is 0 Å². The van der Waals surface area contributed by atoms with Gasteiger partial charge < -0.3 is 0 Å². The van der Waals surface area contributed by atoms with E-state index in [9.17, 15) is 0 Å². The van der Waals surface area contributed by atoms with Gasteiger partial charge in [0, 0.05) is 0 Å². The lowest BCUT2D eigenvalue weighted by atomic mass is 10.0. The minimum atomic E-state index is -0.625. The summed E-state index contributed by atoms with van der Waals surface area (Å²) < 4.78 is 0. The third kappa shape index (κ3) is 4.87. The molecule has 0 aromatic heterocycles. The lowest BCUT2D eigenvalue weighted by Crippen LogP contribution is -2.20. The smallest absolute Gasteiger partial charge is 0.0105 e. The van der Waals surface area contributed by atoms with E-state index in [0.29, 0.717) is 0 Å². The molecule has 0 amide bonds. The van der Waals surface area contributed by atoms with Crippen molar-refractivity contribution in [1.82, 2.24) is 0 Å². The second-order valence-corrected chi connectivity index (χ2v) is 14.3. The second kappa shape index (κ2) is 11.2. The van der Waals surface area contributed by atoms with Crippen LogP contribution in [0.4, 0.5) is 0 Å². The van der Waals surface area contributed by atoms with Crippen LogP contribution in [0.5, 0.6) is 0 Å². The number of hydrogen-bond donors (Lipinski definition) is 0. The molecule has 0 radical (unpaired) electrons. The van der Waals surface area contributed by atoms with Crippen LogP contribution in [-0.4, -0.2) is 0 Å². The Morgan fingerprint density at radius 1 is 0.250 bits per heavy atom. The largest absolute Gasteiger partial charge is 0.0622 e. The molecule has 0 bridgehead atoms. The lowest BCUT2D eigenvalue weighted by molar-refractivity contribution is 1.75. The van der Waals surface area contributed by atoms with E-state index in [-0.39, 0.29) is 0 Å². The molecule has 7 rings (SSSR count). The highest BCUT2D eigenvalue weighted by Gasteiger charge is 2.19. The molecule has 7 aromatic rings. The Labute approximate surface area is 238 Å². The van der Waals surface area contributed by atoms with Crippen molar-refractivity contribution in [2.45, 2.75) is 0 Å². The molecule has 0 unspecified atom stereocenters. The number of benzene rings is 7. The van der Waals surface area contributed by atoms with Gasteiger partial charge in [0.15, 0.2) is 0 Å². The van der Waals surface area contributed by atoms with Crippen molar-refractivity contribution in [3.05, 3.63) is 170 Å². The van der Waals surface area contributed by atoms with E-state index in [1.165, 1.54) is 53.4 Å². The van der Waals surface area contributed by atoms with Crippen LogP contribution >= 0.6 is 15.8 Å². The van der Waals surface area contributed by atoms with Crippen molar-refractivity contribution in [1.29, 1.82) is 0 Å². The Morgan fingerprint density at radius 3 is 0.850 bits per heavy atom. The van der Waals surface area contributed by atoms with Gasteiger partial charge in [-0.1, -0.05) is 158 Å². The van der Waals surface area contributed by atoms with Gasteiger partial charge in [0.25, 0.3) is 0 Å². The molecule has 0 atom stereocenters. The maximum Gasteiger partial charge on any atom is -0.0105 e. The van der Waals surface area contributed by atoms with E-state index < -0.39 is 15.8 Å². The average Bonchev–Trinajstić information content (AvgIpc) is 3.03. The van der Waals surface area contributed by atoms with Gasteiger partial charge in [0.05, 0.1) is 0 Å². The summed E-state index contributed by atoms with van der Waals surface area (Å²) in [5.74, 6) is 0. The fourth-order valence-electron chi connectivity index (χ4n) is 5.53. The predicted molar refractivity (Wildman–Crippen MR) is 179 cm³/mol. The standard InChI is InChI=1S/C38H28P2/c1-5-13-31(14-6-1)39(32-15-7-2-8-16-32)35-23-25-37-29(27-35)21-22-30-28-36(24-26-38(30)37)40(33-17-9-3-10-18-33)34-19-11-4-12-20-34/h1-28H. The van der Waals surface area contributed by atoms with Crippen LogP contribution in [0.3, 0.4) is 0 Å². The van der Waals surface area contributed by atoms with Crippen LogP contribution in [0.15, 0.2) is 170 Å². The summed E-state index contributed by atoms with van der Waals surface area (Å²) in [5, 5.41) is 13.5. The molecule has 0 spiro atoms. The normalized spacial score (nSPS) is 11.4. The zero-order chi connectivity index (χ0) is 26.7. The lowest BCUT2D eigenvalue weighted by Gasteiger charge is -2.21. The third-order valence-corrected chi connectivity index (χ3v) is 12.2. The van der Waals surface area contributed by atoms with Gasteiger partial charge in [0.1, 0.15) is 0 Å². The first-order chi connectivity index (χ1) is 19.8. The van der Waals surface area contributed by atoms with Gasteiger partial charge in [-0.05, 0) is 81.3 Å². The maximum absolute atomic E-state index is 2.41. The number of rotatable bonds is 6. The molecule has 0 aliphatic rings. The summed E-state index contributed by atoms with van der Waals surface area (Å²) in [5.41, 5.74) is 0. The minimum Gasteiger partial charge on any atom is -0.0622 e. The summed E-state index contributed by atoms with van der Waals surface area (Å²) in [7, 11) is -1.25. The van der Waals surface area contributed by atoms with Gasteiger partial charge in [0.2, 0.25) is 0 Å². The summed E-state index contributed by atoms with van der Waals surface area (Å²) in [6.45, 7) is 0. The maximum atomic E-state index is 2.41. The Hall–Kier alpha value is -4.08. The molecule has 0 fully saturated rings. The topological polar surface area (TPSA) is 0 Å². The Kier molecular flexibility index (Phi) is 6.97. The monoisotopic (exact) mass is 546 g/mol. The molecule has 7 aromatic carbocycles. The number of fused-ring (bicyclic) bond motifs is 3. The summed E-state index contributed by atoms with van der Waals surface area (Å²) in [6, 6.07) is 62.6. The summed E-state index contributed by atoms with van der Waals surface area (Å²) in [4.78, 5) is 0. The number of hydrogen-bond acceptors (Lipinski definition) is 0. The van der Waals surface area contributed by atoms with Crippen molar-refractivity contribution in [3.63, 3.8) is 0 Å². The van der Waals surface area contributed by atoms with Crippen LogP contribution < -0.4 is 31.8 Å². The van der Waals surface area contributed by atoms with Crippen LogP contribution in [-0.2, 0) is 0 Å². The zero-order valence-corrected chi connectivity index (χ0v) is 23.8. The molecule has 0 saturated carbocycles. The van der Waals surface area contributed by atoms with Gasteiger partial charge in [-0.25, -0.2) is 0 Å². The third-order valence-electron chi connectivity index (χ3n) is 7.38. The summed E-state index contributed by atoms with van der Waals surface area (Å²) >= 11 is 0. The predicted octanol–water partition coefficient (Wildman–Crippen LogP) is 7.51. The highest BCUT2D eigenvalue weighted by atomic mass is 31.1. The fourth-order valence-corrected chi connectivity index (χ4v) is 10.2. The summed E-state index contributed by atoms with van der Waals surface area (Å²) in [6.07, 6.45) is 0. The molecule has 0 nitrogen and oxygen atoms in total. The first-order valence-electron chi connectivity index (χ1n) is 13.6. The Balaban J connectivity index is 1.33. The highest BCUT2D eigenvalue weighted by molar-refractivity contribution is 7.80. The first kappa shape index (κ1) is 24.9. The van der Waals surface area contributed by atoms with E-state index >= 15 is 0 Å². The van der Waals surface area contributed by atoms with E-state index in [4.69, 9.17) is 0 Å². The molecule has 0 N–H and O–H groups in total. The fraction of sp³-hybridized carbons (Fsp3) is 0. The zero-order valence-electron chi connectivity index (χ0n) is 22.1. The van der Waals surface area contributed by atoms with Gasteiger partial charge in [-0.15, -0.1) is 0 Å². The van der Waals surface area contributed by atoms with Crippen molar-refractivity contribution in [3.8, 4) is 0 Å². The van der Waals surface area contributed by atoms with Crippen molar-refractivity contribution >= 4 is 69.2 Å². The Morgan fingerprint density at radius 2 is 0.550 bits per heavy atom. The van der Waals surface area contributed by atoms with Gasteiger partial charge in [-0.3, -0.25) is 0 Å². The van der Waals surface area contributed by atoms with Gasteiger partial charge in [-0.2, -0.15) is 0 Å². The highest BCUT2D eigenvalue weighted by Crippen LogP contribution is 2.37. The van der Waals surface area contributed by atoms with Crippen LogP contribution in [0.25, 0.3) is 21.5 Å². The molecule has 40 heavy (non-hydrogen) atoms. The van der Waals surface area contributed by atoms with Gasteiger partial charge >= 0.3 is 0 Å². The average molecular weight is 547 g/mol. The van der Waals surface area contributed by atoms with Crippen LogP contribution in [0.1, 0.15) is 0 Å². The molecule has 0 aliphatic carbocycles. The molecule has 190 valence electrons. The van der Waals surface area contributed by atoms with Crippen LogP contribution in [0.2, 0.25) is 0 Å². The molecule has 0 aliphatic heterocycles. The van der Waals surface area contributed by atoms with E-state index in [1.54, 1.807) is 0 Å². The van der Waals surface area contributed by atoms with Crippen molar-refractivity contribution in [2.24, 2.45) is 0 Å². The van der Waals surface area contributed by atoms with E-state index in [2.05, 4.69) is 170 Å². The van der Waals surface area contributed by atoms with Crippen molar-refractivity contribution in [2.75, 3.05) is 0 Å².